The van der Waals surface area contributed by atoms with Gasteiger partial charge in [0.2, 0.25) is 35.4 Å². The number of aromatic hydroxyl groups is 1. The number of carboxylic acid groups (broad SMARTS) is 1. The Morgan fingerprint density at radius 2 is 1.09 bits per heavy atom. The number of aromatic amines is 1. The molecule has 0 bridgehead atoms. The number of imidazole rings is 1. The monoisotopic (exact) mass is 1250 g/mol. The summed E-state index contributed by atoms with van der Waals surface area (Å²) in [6.07, 6.45) is -0.176. The minimum absolute atomic E-state index is 0.0208. The average Bonchev–Trinajstić information content (AvgIpc) is 3.50. The number of aliphatic imine (C=N–C) groups is 2. The lowest BCUT2D eigenvalue weighted by Gasteiger charge is -2.27. The first-order chi connectivity index (χ1) is 42.0. The van der Waals surface area contributed by atoms with Crippen molar-refractivity contribution in [2.75, 3.05) is 26.2 Å². The molecule has 1 heterocycles. The molecule has 0 radical (unpaired) electrons. The number of guanidine groups is 2. The quantitative estimate of drug-likeness (QED) is 0.0199. The number of rotatable bonds is 46. The van der Waals surface area contributed by atoms with Gasteiger partial charge in [-0.2, -0.15) is 0 Å². The van der Waals surface area contributed by atoms with E-state index in [9.17, 15) is 73.2 Å². The second kappa shape index (κ2) is 40.2. The Hall–Kier alpha value is -8.38. The second-order valence-electron chi connectivity index (χ2n) is 22.8. The van der Waals surface area contributed by atoms with Crippen LogP contribution in [0.15, 0.2) is 46.8 Å². The summed E-state index contributed by atoms with van der Waals surface area (Å²) >= 11 is 0. The van der Waals surface area contributed by atoms with Gasteiger partial charge in [0.1, 0.15) is 11.8 Å². The van der Waals surface area contributed by atoms with E-state index in [1.165, 1.54) is 37.5 Å². The highest BCUT2D eigenvalue weighted by atomic mass is 16.4. The molecule has 30 heteroatoms. The summed E-state index contributed by atoms with van der Waals surface area (Å²) < 4.78 is 0. The topological polar surface area (TPSA) is 538 Å². The lowest BCUT2D eigenvalue weighted by atomic mass is 9.88. The summed E-state index contributed by atoms with van der Waals surface area (Å²) in [4.78, 5) is 165. The van der Waals surface area contributed by atoms with Crippen LogP contribution in [0.5, 0.6) is 5.75 Å². The maximum Gasteiger partial charge on any atom is 0.305 e. The molecule has 0 spiro atoms. The molecule has 2 rings (SSSR count). The predicted octanol–water partition coefficient (Wildman–Crippen LogP) is -1.71. The third-order valence-corrected chi connectivity index (χ3v) is 14.9. The van der Waals surface area contributed by atoms with Crippen molar-refractivity contribution < 1.29 is 73.2 Å². The number of nitrogens with zero attached hydrogens (tertiary/aromatic N) is 3. The van der Waals surface area contributed by atoms with E-state index >= 15 is 0 Å². The van der Waals surface area contributed by atoms with Crippen LogP contribution in [0.2, 0.25) is 0 Å². The molecule has 0 saturated heterocycles. The molecule has 0 aliphatic rings. The molecular weight excluding hydrogens is 1160 g/mol. The van der Waals surface area contributed by atoms with Crippen LogP contribution in [0.4, 0.5) is 0 Å². The van der Waals surface area contributed by atoms with Gasteiger partial charge < -0.3 is 86.4 Å². The van der Waals surface area contributed by atoms with E-state index in [0.717, 1.165) is 6.92 Å². The molecule has 0 aliphatic heterocycles. The van der Waals surface area contributed by atoms with Gasteiger partial charge in [0.05, 0.1) is 61.5 Å². The van der Waals surface area contributed by atoms with Crippen LogP contribution < -0.4 is 61.0 Å². The van der Waals surface area contributed by atoms with E-state index in [1.54, 1.807) is 13.1 Å². The maximum absolute atomic E-state index is 14.5. The van der Waals surface area contributed by atoms with Crippen LogP contribution in [0.3, 0.4) is 0 Å². The summed E-state index contributed by atoms with van der Waals surface area (Å²) in [5.41, 5.74) is 34.4. The molecule has 30 nitrogen and oxygen atoms in total. The number of nitrogens with two attached hydrogens (primary N) is 6. The number of aliphatic carboxylic acids is 1. The Morgan fingerprint density at radius 1 is 0.584 bits per heavy atom. The molecule has 1 aromatic carbocycles. The van der Waals surface area contributed by atoms with Crippen LogP contribution in [0.25, 0.3) is 0 Å². The second-order valence-corrected chi connectivity index (χ2v) is 22.8. The van der Waals surface area contributed by atoms with Gasteiger partial charge in [-0.25, -0.2) is 4.98 Å². The number of phenols is 1. The number of nitrogens with one attached hydrogen (secondary N) is 6. The highest BCUT2D eigenvalue weighted by Crippen LogP contribution is 2.23. The smallest absolute Gasteiger partial charge is 0.305 e. The Labute approximate surface area is 518 Å². The lowest BCUT2D eigenvalue weighted by Crippen LogP contribution is -2.50. The fourth-order valence-corrected chi connectivity index (χ4v) is 9.72. The summed E-state index contributed by atoms with van der Waals surface area (Å²) in [5.74, 6) is -16.0. The van der Waals surface area contributed by atoms with Crippen molar-refractivity contribution in [1.29, 1.82) is 0 Å². The number of aromatic nitrogens is 2. The van der Waals surface area contributed by atoms with Crippen molar-refractivity contribution >= 4 is 76.5 Å². The summed E-state index contributed by atoms with van der Waals surface area (Å²) in [7, 11) is 0. The molecule has 2 aromatic rings. The van der Waals surface area contributed by atoms with E-state index in [4.69, 9.17) is 34.4 Å². The number of Topliss-reactive ketones (excluding diaryl/α,β-unsaturated/α-hetero) is 4. The fraction of sp³-hybridized carbons (Fsp3) is 0.627. The van der Waals surface area contributed by atoms with E-state index in [0.29, 0.717) is 30.5 Å². The number of benzene rings is 1. The molecule has 0 saturated carbocycles. The first-order valence-corrected chi connectivity index (χ1v) is 30.0. The standard InChI is InChI=1S/C59H95N15O15/c1-6-36(23-40-29-66-31-69-40)53(85)71-43(13-10-20-68-59(64)65)48(79)26-39(30-75)56(88)70-33(4)47(78)27-42(34(5)76)57(89)73-45(28-51(82)83)50(81)24-37(11-7-8-18-60)54(86)72-44(22-35-14-16-41(77)17-15-35)49(80)25-38(12-9-19-67-58(62)63)55(87)74-46(52(61)84)21-32(2)3/h14-17,29,31-34,36-39,42-46,75-77H,6-13,18-28,30,60H2,1-5H3,(H2,61,84)(H,66,69)(H,70,88)(H,71,85)(H,72,86)(H,73,89)(H,74,87)(H,82,83)(H4,62,63,67)(H4,64,65,68)/t33-,34+,36-,37+,38+,39-,42-,43-,44-,45-,46-/m0/s1. The molecule has 11 atom stereocenters. The lowest BCUT2D eigenvalue weighted by molar-refractivity contribution is -0.142. The molecular formula is C59H95N15O15. The highest BCUT2D eigenvalue weighted by molar-refractivity contribution is 5.99. The van der Waals surface area contributed by atoms with Crippen LogP contribution in [-0.2, 0) is 65.6 Å². The van der Waals surface area contributed by atoms with Crippen molar-refractivity contribution in [3.63, 3.8) is 0 Å². The van der Waals surface area contributed by atoms with E-state index in [2.05, 4.69) is 46.5 Å². The van der Waals surface area contributed by atoms with Crippen molar-refractivity contribution in [2.45, 2.75) is 174 Å². The van der Waals surface area contributed by atoms with Gasteiger partial charge in [0, 0.05) is 74.8 Å². The number of unbranched alkanes of at least 4 members (excludes halogenated alkanes) is 1. The predicted molar refractivity (Wildman–Crippen MR) is 328 cm³/mol. The summed E-state index contributed by atoms with van der Waals surface area (Å²) in [6, 6.07) is -1.09. The maximum atomic E-state index is 14.5. The molecule has 496 valence electrons. The Morgan fingerprint density at radius 3 is 1.60 bits per heavy atom. The Balaban J connectivity index is 2.38. The van der Waals surface area contributed by atoms with Gasteiger partial charge in [-0.1, -0.05) is 39.3 Å². The third kappa shape index (κ3) is 29.5. The number of amides is 6. The zero-order chi connectivity index (χ0) is 66.9. The number of hydrogen-bond donors (Lipinski definition) is 16. The normalized spacial score (nSPS) is 14.9. The number of primary amides is 1. The molecule has 0 aliphatic carbocycles. The van der Waals surface area contributed by atoms with Crippen molar-refractivity contribution in [3.05, 3.63) is 48.0 Å². The molecule has 0 unspecified atom stereocenters. The zero-order valence-corrected chi connectivity index (χ0v) is 51.6. The number of hydrogen-bond acceptors (Lipinski definition) is 18. The third-order valence-electron chi connectivity index (χ3n) is 14.9. The Kier molecular flexibility index (Phi) is 34.7. The van der Waals surface area contributed by atoms with Crippen molar-refractivity contribution in [1.82, 2.24) is 36.6 Å². The zero-order valence-electron chi connectivity index (χ0n) is 51.6. The van der Waals surface area contributed by atoms with E-state index in [-0.39, 0.29) is 94.6 Å². The summed E-state index contributed by atoms with van der Waals surface area (Å²) in [6.45, 7) is 7.38. The number of ketones is 4. The van der Waals surface area contributed by atoms with Gasteiger partial charge in [-0.05, 0) is 102 Å². The number of H-pyrrole nitrogens is 1. The van der Waals surface area contributed by atoms with Crippen LogP contribution in [-0.4, -0.2) is 169 Å². The molecule has 89 heavy (non-hydrogen) atoms. The Bertz CT molecular complexity index is 2700. The van der Waals surface area contributed by atoms with Crippen LogP contribution >= 0.6 is 0 Å². The number of carboxylic acids is 1. The first kappa shape index (κ1) is 76.7. The van der Waals surface area contributed by atoms with Crippen molar-refractivity contribution in [3.8, 4) is 5.75 Å². The molecule has 0 fully saturated rings. The van der Waals surface area contributed by atoms with Gasteiger partial charge in [0.25, 0.3) is 0 Å². The fourth-order valence-electron chi connectivity index (χ4n) is 9.72. The first-order valence-electron chi connectivity index (χ1n) is 30.0. The minimum Gasteiger partial charge on any atom is -0.508 e. The van der Waals surface area contributed by atoms with E-state index in [1.807, 2.05) is 13.8 Å². The number of aliphatic hydroxyl groups excluding tert-OH is 2. The van der Waals surface area contributed by atoms with E-state index < -0.39 is 169 Å². The number of carbonyl (C=O) groups is 11. The molecule has 22 N–H and O–H groups in total. The SMILES string of the molecule is CC[C@@H](Cc1cnc[nH]1)C(=O)N[C@@H](CCCN=C(N)N)C(=O)C[C@@H](CO)C(=O)N[C@@H](C)C(=O)C[C@H](C(=O)N[C@@H](CC(=O)O)C(=O)C[C@@H](CCCCN)C(=O)N[C@@H](Cc1ccc(O)cc1)C(=O)C[C@@H](CCCN=C(N)N)C(=O)N[C@@H](CC(C)C)C(N)=O)[C@@H](C)O. The summed E-state index contributed by atoms with van der Waals surface area (Å²) in [5, 5.41) is 54.0. The number of phenolic OH excluding ortho intramolecular Hbond substituents is 1. The average molecular weight is 1250 g/mol. The number of aliphatic hydroxyl groups is 2. The molecule has 1 aromatic heterocycles. The largest absolute Gasteiger partial charge is 0.508 e. The highest BCUT2D eigenvalue weighted by Gasteiger charge is 2.37. The van der Waals surface area contributed by atoms with Crippen molar-refractivity contribution in [2.24, 2.45) is 79.9 Å². The van der Waals surface area contributed by atoms with Gasteiger partial charge in [0.15, 0.2) is 35.1 Å². The van der Waals surface area contributed by atoms with Gasteiger partial charge in [-0.15, -0.1) is 0 Å². The van der Waals surface area contributed by atoms with Gasteiger partial charge in [-0.3, -0.25) is 62.7 Å². The van der Waals surface area contributed by atoms with Crippen LogP contribution in [0, 0.1) is 35.5 Å². The number of carbonyl (C=O) groups excluding carboxylic acids is 10. The van der Waals surface area contributed by atoms with Crippen LogP contribution in [0.1, 0.15) is 136 Å². The van der Waals surface area contributed by atoms with Gasteiger partial charge >= 0.3 is 5.97 Å². The molecule has 6 amide bonds. The minimum atomic E-state index is -1.84.